The van der Waals surface area contributed by atoms with Crippen molar-refractivity contribution in [3.05, 3.63) is 69.6 Å². The van der Waals surface area contributed by atoms with Crippen LogP contribution in [0.2, 0.25) is 0 Å². The molecule has 0 amide bonds. The smallest absolute Gasteiger partial charge is 0.331 e. The van der Waals surface area contributed by atoms with Crippen LogP contribution in [0.15, 0.2) is 58.4 Å². The molecular formula is C23H27N5O2. The SMILES string of the molecule is CC(C)Cn1c(=O)c2[nH]c(-c3cnn(-c4ccccc4)c3)cc2n(CC(C)C)c1=O. The van der Waals surface area contributed by atoms with Crippen LogP contribution >= 0.6 is 0 Å². The van der Waals surface area contributed by atoms with Crippen LogP contribution in [0.5, 0.6) is 0 Å². The molecule has 0 aliphatic rings. The standard InChI is InChI=1S/C23H27N5O2/c1-15(2)12-26-20-10-19(17-11-24-28(14-17)18-8-6-5-7-9-18)25-21(20)22(29)27(23(26)30)13-16(3)4/h5-11,14-16,25H,12-13H2,1-4H3. The van der Waals surface area contributed by atoms with Crippen LogP contribution in [0.4, 0.5) is 0 Å². The van der Waals surface area contributed by atoms with Crippen LogP contribution in [0.3, 0.4) is 0 Å². The van der Waals surface area contributed by atoms with E-state index in [9.17, 15) is 9.59 Å². The minimum atomic E-state index is -0.273. The highest BCUT2D eigenvalue weighted by atomic mass is 16.2. The van der Waals surface area contributed by atoms with Crippen LogP contribution in [-0.2, 0) is 13.1 Å². The Balaban J connectivity index is 1.88. The van der Waals surface area contributed by atoms with E-state index in [4.69, 9.17) is 0 Å². The molecule has 1 aromatic carbocycles. The van der Waals surface area contributed by atoms with Crippen LogP contribution in [0.1, 0.15) is 27.7 Å². The highest BCUT2D eigenvalue weighted by Crippen LogP contribution is 2.23. The van der Waals surface area contributed by atoms with Gasteiger partial charge in [0, 0.05) is 24.8 Å². The summed E-state index contributed by atoms with van der Waals surface area (Å²) < 4.78 is 4.85. The molecule has 4 aromatic rings. The molecule has 3 heterocycles. The fraction of sp³-hybridized carbons (Fsp3) is 0.348. The van der Waals surface area contributed by atoms with Crippen LogP contribution in [-0.4, -0.2) is 23.9 Å². The summed E-state index contributed by atoms with van der Waals surface area (Å²) in [4.78, 5) is 29.4. The largest absolute Gasteiger partial charge is 0.349 e. The zero-order valence-corrected chi connectivity index (χ0v) is 17.8. The summed E-state index contributed by atoms with van der Waals surface area (Å²) in [6.07, 6.45) is 3.67. The fourth-order valence-corrected chi connectivity index (χ4v) is 3.70. The van der Waals surface area contributed by atoms with E-state index in [-0.39, 0.29) is 23.1 Å². The second-order valence-electron chi connectivity index (χ2n) is 8.55. The number of hydrogen-bond acceptors (Lipinski definition) is 3. The molecular weight excluding hydrogens is 378 g/mol. The van der Waals surface area contributed by atoms with E-state index in [1.807, 2.05) is 56.4 Å². The Bertz CT molecular complexity index is 1290. The van der Waals surface area contributed by atoms with Crippen molar-refractivity contribution >= 4 is 11.0 Å². The Kier molecular flexibility index (Phi) is 5.20. The molecule has 0 saturated carbocycles. The van der Waals surface area contributed by atoms with E-state index >= 15 is 0 Å². The molecule has 0 aliphatic carbocycles. The van der Waals surface area contributed by atoms with Crippen LogP contribution < -0.4 is 11.2 Å². The molecule has 7 nitrogen and oxygen atoms in total. The number of rotatable bonds is 6. The Morgan fingerprint density at radius 1 is 0.967 bits per heavy atom. The lowest BCUT2D eigenvalue weighted by molar-refractivity contribution is 0.452. The van der Waals surface area contributed by atoms with E-state index in [2.05, 4.69) is 23.9 Å². The van der Waals surface area contributed by atoms with Gasteiger partial charge in [-0.15, -0.1) is 0 Å². The number of aromatic amines is 1. The summed E-state index contributed by atoms with van der Waals surface area (Å²) >= 11 is 0. The molecule has 0 aliphatic heterocycles. The molecule has 0 atom stereocenters. The first-order valence-corrected chi connectivity index (χ1v) is 10.3. The second-order valence-corrected chi connectivity index (χ2v) is 8.55. The summed E-state index contributed by atoms with van der Waals surface area (Å²) in [7, 11) is 0. The molecule has 7 heteroatoms. The Morgan fingerprint density at radius 3 is 2.30 bits per heavy atom. The number of nitrogens with one attached hydrogen (secondary N) is 1. The lowest BCUT2D eigenvalue weighted by atomic mass is 10.2. The predicted molar refractivity (Wildman–Crippen MR) is 119 cm³/mol. The average Bonchev–Trinajstić information content (AvgIpc) is 3.36. The van der Waals surface area contributed by atoms with Gasteiger partial charge in [-0.2, -0.15) is 5.10 Å². The molecule has 0 saturated heterocycles. The molecule has 30 heavy (non-hydrogen) atoms. The lowest BCUT2D eigenvalue weighted by Gasteiger charge is -2.14. The summed E-state index contributed by atoms with van der Waals surface area (Å²) in [6, 6.07) is 11.7. The zero-order chi connectivity index (χ0) is 21.4. The number of hydrogen-bond donors (Lipinski definition) is 1. The Hall–Kier alpha value is -3.35. The Labute approximate surface area is 174 Å². The van der Waals surface area contributed by atoms with E-state index in [0.717, 1.165) is 16.9 Å². The van der Waals surface area contributed by atoms with Gasteiger partial charge in [0.05, 0.1) is 23.1 Å². The zero-order valence-electron chi connectivity index (χ0n) is 17.8. The highest BCUT2D eigenvalue weighted by Gasteiger charge is 2.18. The number of benzene rings is 1. The highest BCUT2D eigenvalue weighted by molar-refractivity contribution is 5.82. The van der Waals surface area contributed by atoms with Crippen molar-refractivity contribution in [3.8, 4) is 16.9 Å². The molecule has 3 aromatic heterocycles. The maximum absolute atomic E-state index is 13.1. The summed E-state index contributed by atoms with van der Waals surface area (Å²) in [5.74, 6) is 0.467. The quantitative estimate of drug-likeness (QED) is 0.532. The number of nitrogens with zero attached hydrogens (tertiary/aromatic N) is 4. The molecule has 1 N–H and O–H groups in total. The molecule has 0 radical (unpaired) electrons. The fourth-order valence-electron chi connectivity index (χ4n) is 3.70. The Morgan fingerprint density at radius 2 is 1.63 bits per heavy atom. The van der Waals surface area contributed by atoms with Gasteiger partial charge in [0.15, 0.2) is 0 Å². The van der Waals surface area contributed by atoms with Crippen molar-refractivity contribution in [1.29, 1.82) is 0 Å². The molecule has 0 bridgehead atoms. The van der Waals surface area contributed by atoms with Gasteiger partial charge in [-0.1, -0.05) is 45.9 Å². The third kappa shape index (κ3) is 3.63. The van der Waals surface area contributed by atoms with Gasteiger partial charge in [0.25, 0.3) is 5.56 Å². The summed E-state index contributed by atoms with van der Waals surface area (Å²) in [5.41, 5.74) is 3.15. The van der Waals surface area contributed by atoms with Gasteiger partial charge < -0.3 is 4.98 Å². The van der Waals surface area contributed by atoms with Crippen molar-refractivity contribution < 1.29 is 0 Å². The first-order chi connectivity index (χ1) is 14.3. The maximum Gasteiger partial charge on any atom is 0.331 e. The first kappa shape index (κ1) is 19.9. The molecule has 4 rings (SSSR count). The number of H-pyrrole nitrogens is 1. The van der Waals surface area contributed by atoms with Crippen molar-refractivity contribution in [2.45, 2.75) is 40.8 Å². The van der Waals surface area contributed by atoms with Gasteiger partial charge in [0.2, 0.25) is 0 Å². The topological polar surface area (TPSA) is 77.6 Å². The van der Waals surface area contributed by atoms with Crippen LogP contribution in [0, 0.1) is 11.8 Å². The van der Waals surface area contributed by atoms with Crippen molar-refractivity contribution in [2.75, 3.05) is 0 Å². The average molecular weight is 406 g/mol. The second kappa shape index (κ2) is 7.82. The van der Waals surface area contributed by atoms with Gasteiger partial charge in [0.1, 0.15) is 5.52 Å². The van der Waals surface area contributed by atoms with E-state index in [1.165, 1.54) is 4.57 Å². The normalized spacial score (nSPS) is 11.8. The third-order valence-electron chi connectivity index (χ3n) is 5.02. The third-order valence-corrected chi connectivity index (χ3v) is 5.02. The van der Waals surface area contributed by atoms with Gasteiger partial charge >= 0.3 is 5.69 Å². The van der Waals surface area contributed by atoms with Crippen molar-refractivity contribution in [3.63, 3.8) is 0 Å². The molecule has 156 valence electrons. The molecule has 0 fully saturated rings. The van der Waals surface area contributed by atoms with Gasteiger partial charge in [-0.25, -0.2) is 9.48 Å². The van der Waals surface area contributed by atoms with Gasteiger partial charge in [-0.3, -0.25) is 13.9 Å². The van der Waals surface area contributed by atoms with Crippen LogP contribution in [0.25, 0.3) is 28.0 Å². The summed E-state index contributed by atoms with van der Waals surface area (Å²) in [6.45, 7) is 9.07. The van der Waals surface area contributed by atoms with E-state index in [1.54, 1.807) is 15.4 Å². The lowest BCUT2D eigenvalue weighted by Crippen LogP contribution is -2.41. The van der Waals surface area contributed by atoms with Crippen molar-refractivity contribution in [2.24, 2.45) is 11.8 Å². The number of fused-ring (bicyclic) bond motifs is 1. The van der Waals surface area contributed by atoms with Gasteiger partial charge in [-0.05, 0) is 30.0 Å². The van der Waals surface area contributed by atoms with E-state index < -0.39 is 0 Å². The molecule has 0 unspecified atom stereocenters. The monoisotopic (exact) mass is 405 g/mol. The molecule has 0 spiro atoms. The first-order valence-electron chi connectivity index (χ1n) is 10.3. The minimum Gasteiger partial charge on any atom is -0.349 e. The predicted octanol–water partition coefficient (Wildman–Crippen LogP) is 3.66. The maximum atomic E-state index is 13.1. The van der Waals surface area contributed by atoms with E-state index in [0.29, 0.717) is 24.1 Å². The number of aromatic nitrogens is 5. The van der Waals surface area contributed by atoms with Crippen molar-refractivity contribution in [1.82, 2.24) is 23.9 Å². The minimum absolute atomic E-state index is 0.193. The number of para-hydroxylation sites is 1. The summed E-state index contributed by atoms with van der Waals surface area (Å²) in [5, 5.41) is 4.45.